The van der Waals surface area contributed by atoms with Crippen LogP contribution in [0.3, 0.4) is 0 Å². The first kappa shape index (κ1) is 19.4. The fourth-order valence-corrected chi connectivity index (χ4v) is 3.54. The Labute approximate surface area is 167 Å². The highest BCUT2D eigenvalue weighted by Crippen LogP contribution is 2.34. The van der Waals surface area contributed by atoms with Crippen molar-refractivity contribution in [1.29, 1.82) is 0 Å². The maximum Gasteiger partial charge on any atom is 0.315 e. The molecule has 0 saturated carbocycles. The van der Waals surface area contributed by atoms with E-state index in [1.165, 1.54) is 0 Å². The predicted molar refractivity (Wildman–Crippen MR) is 107 cm³/mol. The number of rotatable bonds is 5. The third-order valence-corrected chi connectivity index (χ3v) is 5.06. The number of halogens is 1. The van der Waals surface area contributed by atoms with E-state index in [1.54, 1.807) is 20.3 Å². The van der Waals surface area contributed by atoms with Crippen molar-refractivity contribution < 1.29 is 19.0 Å². The van der Waals surface area contributed by atoms with Crippen molar-refractivity contribution in [2.45, 2.75) is 25.4 Å². The van der Waals surface area contributed by atoms with Crippen LogP contribution in [0.2, 0.25) is 0 Å². The molecular formula is C20H23BrN2O4. The summed E-state index contributed by atoms with van der Waals surface area (Å²) in [5.41, 5.74) is 1.85. The molecule has 0 aromatic heterocycles. The fourth-order valence-electron chi connectivity index (χ4n) is 3.17. The van der Waals surface area contributed by atoms with Crippen LogP contribution >= 0.6 is 15.9 Å². The molecule has 2 aromatic rings. The first-order chi connectivity index (χ1) is 13.0. The molecule has 1 aliphatic heterocycles. The molecular weight excluding hydrogens is 412 g/mol. The monoisotopic (exact) mass is 434 g/mol. The minimum Gasteiger partial charge on any atom is -0.497 e. The standard InChI is InChI=1S/C20H23BrN2O4/c1-12(15-6-5-14(25-2)11-19(15)26-3)22-20(24)23-17-8-9-27-18-7-4-13(21)10-16(17)18/h4-7,10-12,17H,8-9H2,1-3H3,(H2,22,23,24). The Morgan fingerprint density at radius 1 is 1.22 bits per heavy atom. The molecule has 6 nitrogen and oxygen atoms in total. The Balaban J connectivity index is 1.69. The van der Waals surface area contributed by atoms with Crippen molar-refractivity contribution >= 4 is 22.0 Å². The van der Waals surface area contributed by atoms with E-state index in [-0.39, 0.29) is 18.1 Å². The normalized spacial score (nSPS) is 16.5. The van der Waals surface area contributed by atoms with Crippen LogP contribution < -0.4 is 24.8 Å². The summed E-state index contributed by atoms with van der Waals surface area (Å²) in [7, 11) is 3.20. The van der Waals surface area contributed by atoms with Gasteiger partial charge in [0.2, 0.25) is 0 Å². The Morgan fingerprint density at radius 3 is 2.78 bits per heavy atom. The molecule has 2 atom stereocenters. The number of hydrogen-bond donors (Lipinski definition) is 2. The first-order valence-corrected chi connectivity index (χ1v) is 9.52. The van der Waals surface area contributed by atoms with E-state index in [4.69, 9.17) is 14.2 Å². The van der Waals surface area contributed by atoms with Gasteiger partial charge >= 0.3 is 6.03 Å². The highest BCUT2D eigenvalue weighted by molar-refractivity contribution is 9.10. The van der Waals surface area contributed by atoms with E-state index in [9.17, 15) is 4.79 Å². The van der Waals surface area contributed by atoms with E-state index in [0.717, 1.165) is 27.8 Å². The Hall–Kier alpha value is -2.41. The number of benzene rings is 2. The lowest BCUT2D eigenvalue weighted by Gasteiger charge is -2.28. The molecule has 1 aliphatic rings. The molecule has 2 N–H and O–H groups in total. The summed E-state index contributed by atoms with van der Waals surface area (Å²) >= 11 is 3.47. The maximum atomic E-state index is 12.6. The van der Waals surface area contributed by atoms with Crippen LogP contribution in [0.15, 0.2) is 40.9 Å². The fraction of sp³-hybridized carbons (Fsp3) is 0.350. The van der Waals surface area contributed by atoms with Gasteiger partial charge in [-0.05, 0) is 37.3 Å². The number of hydrogen-bond acceptors (Lipinski definition) is 4. The number of ether oxygens (including phenoxy) is 3. The van der Waals surface area contributed by atoms with Gasteiger partial charge in [0, 0.05) is 28.1 Å². The zero-order valence-electron chi connectivity index (χ0n) is 15.5. The lowest BCUT2D eigenvalue weighted by atomic mass is 10.0. The Morgan fingerprint density at radius 2 is 2.04 bits per heavy atom. The van der Waals surface area contributed by atoms with Crippen LogP contribution in [-0.4, -0.2) is 26.9 Å². The van der Waals surface area contributed by atoms with E-state index < -0.39 is 0 Å². The van der Waals surface area contributed by atoms with Gasteiger partial charge in [-0.15, -0.1) is 0 Å². The van der Waals surface area contributed by atoms with Gasteiger partial charge in [-0.2, -0.15) is 0 Å². The summed E-state index contributed by atoms with van der Waals surface area (Å²) < 4.78 is 17.3. The third-order valence-electron chi connectivity index (χ3n) is 4.57. The van der Waals surface area contributed by atoms with E-state index in [1.807, 2.05) is 37.3 Å². The minimum absolute atomic E-state index is 0.101. The summed E-state index contributed by atoms with van der Waals surface area (Å²) in [6.07, 6.45) is 0.719. The smallest absolute Gasteiger partial charge is 0.315 e. The molecule has 0 radical (unpaired) electrons. The number of urea groups is 1. The van der Waals surface area contributed by atoms with E-state index >= 15 is 0 Å². The number of nitrogens with one attached hydrogen (secondary N) is 2. The average molecular weight is 435 g/mol. The van der Waals surface area contributed by atoms with Crippen molar-refractivity contribution in [3.8, 4) is 17.2 Å². The quantitative estimate of drug-likeness (QED) is 0.733. The molecule has 0 bridgehead atoms. The molecule has 2 amide bonds. The van der Waals surface area contributed by atoms with Gasteiger partial charge in [0.05, 0.1) is 32.9 Å². The maximum absolute atomic E-state index is 12.6. The summed E-state index contributed by atoms with van der Waals surface area (Å²) in [5.74, 6) is 2.18. The van der Waals surface area contributed by atoms with Crippen LogP contribution in [-0.2, 0) is 0 Å². The van der Waals surface area contributed by atoms with Crippen LogP contribution in [0, 0.1) is 0 Å². The SMILES string of the molecule is COc1ccc(C(C)NC(=O)NC2CCOc3ccc(Br)cc32)c(OC)c1. The first-order valence-electron chi connectivity index (χ1n) is 8.73. The number of fused-ring (bicyclic) bond motifs is 1. The lowest BCUT2D eigenvalue weighted by molar-refractivity contribution is 0.221. The Kier molecular flexibility index (Phi) is 6.11. The zero-order valence-corrected chi connectivity index (χ0v) is 17.1. The van der Waals surface area contributed by atoms with Crippen LogP contribution in [0.5, 0.6) is 17.2 Å². The van der Waals surface area contributed by atoms with Crippen molar-refractivity contribution in [2.24, 2.45) is 0 Å². The van der Waals surface area contributed by atoms with Crippen molar-refractivity contribution in [3.63, 3.8) is 0 Å². The van der Waals surface area contributed by atoms with Crippen LogP contribution in [0.25, 0.3) is 0 Å². The summed E-state index contributed by atoms with van der Waals surface area (Å²) in [6, 6.07) is 10.8. The van der Waals surface area contributed by atoms with Crippen molar-refractivity contribution in [2.75, 3.05) is 20.8 Å². The van der Waals surface area contributed by atoms with Gasteiger partial charge in [0.1, 0.15) is 17.2 Å². The van der Waals surface area contributed by atoms with E-state index in [2.05, 4.69) is 26.6 Å². The van der Waals surface area contributed by atoms with Gasteiger partial charge in [-0.25, -0.2) is 4.79 Å². The molecule has 0 fully saturated rings. The largest absolute Gasteiger partial charge is 0.497 e. The minimum atomic E-state index is -0.238. The lowest BCUT2D eigenvalue weighted by Crippen LogP contribution is -2.40. The topological polar surface area (TPSA) is 68.8 Å². The zero-order chi connectivity index (χ0) is 19.4. The molecule has 27 heavy (non-hydrogen) atoms. The second-order valence-electron chi connectivity index (χ2n) is 6.32. The van der Waals surface area contributed by atoms with Crippen molar-refractivity contribution in [3.05, 3.63) is 52.0 Å². The Bertz CT molecular complexity index is 828. The molecule has 144 valence electrons. The molecule has 2 aromatic carbocycles. The molecule has 0 aliphatic carbocycles. The van der Waals surface area contributed by atoms with Crippen LogP contribution in [0.1, 0.15) is 36.6 Å². The summed E-state index contributed by atoms with van der Waals surface area (Å²) in [6.45, 7) is 2.49. The summed E-state index contributed by atoms with van der Waals surface area (Å²) in [4.78, 5) is 12.6. The molecule has 0 spiro atoms. The molecule has 7 heteroatoms. The van der Waals surface area contributed by atoms with Gasteiger partial charge in [0.25, 0.3) is 0 Å². The highest BCUT2D eigenvalue weighted by Gasteiger charge is 2.24. The predicted octanol–water partition coefficient (Wildman–Crippen LogP) is 4.35. The van der Waals surface area contributed by atoms with Gasteiger partial charge in [0.15, 0.2) is 0 Å². The highest BCUT2D eigenvalue weighted by atomic mass is 79.9. The average Bonchev–Trinajstić information content (AvgIpc) is 2.67. The molecule has 1 heterocycles. The summed E-state index contributed by atoms with van der Waals surface area (Å²) in [5, 5.41) is 6.02. The number of carbonyl (C=O) groups is 1. The van der Waals surface area contributed by atoms with Crippen LogP contribution in [0.4, 0.5) is 4.79 Å². The number of methoxy groups -OCH3 is 2. The molecule has 3 rings (SSSR count). The third kappa shape index (κ3) is 4.47. The van der Waals surface area contributed by atoms with Gasteiger partial charge in [-0.3, -0.25) is 0 Å². The molecule has 2 unspecified atom stereocenters. The molecule has 0 saturated heterocycles. The second kappa shape index (κ2) is 8.52. The van der Waals surface area contributed by atoms with E-state index in [0.29, 0.717) is 18.1 Å². The van der Waals surface area contributed by atoms with Gasteiger partial charge < -0.3 is 24.8 Å². The number of amides is 2. The number of carbonyl (C=O) groups excluding carboxylic acids is 1. The van der Waals surface area contributed by atoms with Crippen molar-refractivity contribution in [1.82, 2.24) is 10.6 Å². The van der Waals surface area contributed by atoms with Gasteiger partial charge in [-0.1, -0.05) is 15.9 Å². The second-order valence-corrected chi connectivity index (χ2v) is 7.23.